The molecule has 4 N–H and O–H groups in total. The van der Waals surface area contributed by atoms with Crippen molar-refractivity contribution in [3.63, 3.8) is 0 Å². The summed E-state index contributed by atoms with van der Waals surface area (Å²) in [5, 5.41) is 4.50. The van der Waals surface area contributed by atoms with E-state index in [9.17, 15) is 9.59 Å². The molecule has 0 spiro atoms. The smallest absolute Gasteiger partial charge is 0.309 e. The molecule has 184 valence electrons. The van der Waals surface area contributed by atoms with Gasteiger partial charge in [0.2, 0.25) is 11.9 Å². The van der Waals surface area contributed by atoms with Crippen LogP contribution in [0.1, 0.15) is 10.4 Å². The number of furan rings is 1. The Morgan fingerprint density at radius 2 is 1.92 bits per heavy atom. The number of hydrogen-bond donors (Lipinski definition) is 2. The number of amides is 1. The van der Waals surface area contributed by atoms with Crippen molar-refractivity contribution < 1.29 is 9.21 Å². The lowest BCUT2D eigenvalue weighted by molar-refractivity contribution is 0.100. The first-order chi connectivity index (χ1) is 17.5. The number of piperazine rings is 1. The molecule has 1 aliphatic heterocycles. The predicted molar refractivity (Wildman–Crippen MR) is 138 cm³/mol. The number of carbonyl (C=O) groups excluding carboxylic acids is 1. The number of nitrogens with two attached hydrogens (primary N) is 2. The van der Waals surface area contributed by atoms with E-state index in [-0.39, 0.29) is 10.8 Å². The third-order valence-corrected chi connectivity index (χ3v) is 7.52. The molecule has 1 amide bonds. The van der Waals surface area contributed by atoms with Gasteiger partial charge in [0.05, 0.1) is 11.8 Å². The number of carbonyl (C=O) groups is 1. The lowest BCUT2D eigenvalue weighted by Crippen LogP contribution is -2.47. The van der Waals surface area contributed by atoms with Gasteiger partial charge in [-0.15, -0.1) is 0 Å². The molecule has 1 fully saturated rings. The fourth-order valence-corrected chi connectivity index (χ4v) is 5.58. The first-order valence-electron chi connectivity index (χ1n) is 11.6. The van der Waals surface area contributed by atoms with Gasteiger partial charge in [0.15, 0.2) is 11.4 Å². The number of aromatic nitrogens is 4. The maximum Gasteiger partial charge on any atom is 0.309 e. The summed E-state index contributed by atoms with van der Waals surface area (Å²) in [7, 11) is 0. The van der Waals surface area contributed by atoms with Gasteiger partial charge >= 0.3 is 4.87 Å². The molecule has 5 heterocycles. The Balaban J connectivity index is 1.19. The second kappa shape index (κ2) is 8.81. The number of benzene rings is 1. The Morgan fingerprint density at radius 1 is 1.08 bits per heavy atom. The molecule has 5 aromatic rings. The van der Waals surface area contributed by atoms with Gasteiger partial charge in [-0.2, -0.15) is 14.6 Å². The van der Waals surface area contributed by atoms with E-state index in [0.29, 0.717) is 35.8 Å². The van der Waals surface area contributed by atoms with Crippen molar-refractivity contribution in [1.29, 1.82) is 0 Å². The Bertz CT molecular complexity index is 1630. The van der Waals surface area contributed by atoms with Gasteiger partial charge < -0.3 is 20.8 Å². The molecular weight excluding hydrogens is 480 g/mol. The van der Waals surface area contributed by atoms with E-state index in [4.69, 9.17) is 15.9 Å². The first kappa shape index (κ1) is 22.3. The average Bonchev–Trinajstić information content (AvgIpc) is 3.63. The Hall–Kier alpha value is -4.16. The topological polar surface area (TPSA) is 141 Å². The zero-order valence-electron chi connectivity index (χ0n) is 19.3. The van der Waals surface area contributed by atoms with E-state index in [1.807, 2.05) is 30.3 Å². The molecule has 0 bridgehead atoms. The number of nitrogen functional groups attached to an aromatic ring is 1. The number of thiazole rings is 1. The Morgan fingerprint density at radius 3 is 2.67 bits per heavy atom. The summed E-state index contributed by atoms with van der Waals surface area (Å²) in [4.78, 5) is 33.4. The molecule has 0 aliphatic carbocycles. The van der Waals surface area contributed by atoms with Crippen LogP contribution in [0.25, 0.3) is 27.3 Å². The number of primary amides is 1. The molecule has 11 nitrogen and oxygen atoms in total. The number of hydrogen-bond acceptors (Lipinski definition) is 9. The highest BCUT2D eigenvalue weighted by Gasteiger charge is 2.21. The van der Waals surface area contributed by atoms with Gasteiger partial charge in [-0.25, -0.2) is 0 Å². The molecule has 6 rings (SSSR count). The van der Waals surface area contributed by atoms with Crippen molar-refractivity contribution in [2.75, 3.05) is 43.4 Å². The largest absolute Gasteiger partial charge is 0.463 e. The number of anilines is 2. The highest BCUT2D eigenvalue weighted by molar-refractivity contribution is 7.17. The van der Waals surface area contributed by atoms with E-state index >= 15 is 0 Å². The zero-order chi connectivity index (χ0) is 24.8. The van der Waals surface area contributed by atoms with Crippen LogP contribution in [0.15, 0.2) is 57.9 Å². The third-order valence-electron chi connectivity index (χ3n) is 6.53. The maximum absolute atomic E-state index is 12.9. The van der Waals surface area contributed by atoms with Crippen molar-refractivity contribution in [1.82, 2.24) is 24.1 Å². The van der Waals surface area contributed by atoms with Gasteiger partial charge in [-0.1, -0.05) is 17.4 Å². The molecule has 36 heavy (non-hydrogen) atoms. The van der Waals surface area contributed by atoms with Crippen LogP contribution in [-0.4, -0.2) is 62.7 Å². The SMILES string of the molecule is NC(=O)c1cccc(N2CCN(CCn3c(=O)sc4c3nc(N)n3nc(-c5ccco5)cc43)CC2)c1. The van der Waals surface area contributed by atoms with E-state index < -0.39 is 5.91 Å². The number of fused-ring (bicyclic) bond motifs is 3. The average molecular weight is 505 g/mol. The van der Waals surface area contributed by atoms with E-state index in [0.717, 1.165) is 53.4 Å². The second-order valence-electron chi connectivity index (χ2n) is 8.69. The normalized spacial score (nSPS) is 14.7. The molecule has 12 heteroatoms. The van der Waals surface area contributed by atoms with E-state index in [2.05, 4.69) is 19.9 Å². The molecule has 0 radical (unpaired) electrons. The molecule has 1 saturated heterocycles. The van der Waals surface area contributed by atoms with Gasteiger partial charge in [-0.05, 0) is 36.4 Å². The molecule has 4 aromatic heterocycles. The lowest BCUT2D eigenvalue weighted by Gasteiger charge is -2.36. The van der Waals surface area contributed by atoms with E-state index in [1.165, 1.54) is 0 Å². The zero-order valence-corrected chi connectivity index (χ0v) is 20.1. The number of rotatable bonds is 6. The molecule has 1 aliphatic rings. The fourth-order valence-electron chi connectivity index (χ4n) is 4.62. The minimum Gasteiger partial charge on any atom is -0.463 e. The van der Waals surface area contributed by atoms with Gasteiger partial charge in [0.1, 0.15) is 10.4 Å². The molecule has 0 unspecified atom stereocenters. The molecule has 0 saturated carbocycles. The summed E-state index contributed by atoms with van der Waals surface area (Å²) in [6.07, 6.45) is 1.59. The molecule has 0 atom stereocenters. The quantitative estimate of drug-likeness (QED) is 0.357. The highest BCUT2D eigenvalue weighted by atomic mass is 32.1. The highest BCUT2D eigenvalue weighted by Crippen LogP contribution is 2.28. The van der Waals surface area contributed by atoms with Crippen LogP contribution in [-0.2, 0) is 6.54 Å². The van der Waals surface area contributed by atoms with Gasteiger partial charge in [0, 0.05) is 50.5 Å². The van der Waals surface area contributed by atoms with Crippen LogP contribution < -0.4 is 21.2 Å². The van der Waals surface area contributed by atoms with Crippen LogP contribution in [0.3, 0.4) is 0 Å². The van der Waals surface area contributed by atoms with Crippen LogP contribution >= 0.6 is 11.3 Å². The maximum atomic E-state index is 12.9. The first-order valence-corrected chi connectivity index (χ1v) is 12.4. The summed E-state index contributed by atoms with van der Waals surface area (Å²) in [6, 6.07) is 12.9. The van der Waals surface area contributed by atoms with Crippen molar-refractivity contribution in [3.05, 3.63) is 64.0 Å². The van der Waals surface area contributed by atoms with Crippen molar-refractivity contribution >= 4 is 44.7 Å². The number of nitrogens with zero attached hydrogens (tertiary/aromatic N) is 6. The van der Waals surface area contributed by atoms with Crippen molar-refractivity contribution in [3.8, 4) is 11.5 Å². The summed E-state index contributed by atoms with van der Waals surface area (Å²) in [5.74, 6) is 0.413. The third kappa shape index (κ3) is 3.89. The fraction of sp³-hybridized carbons (Fsp3) is 0.250. The van der Waals surface area contributed by atoms with Crippen LogP contribution in [0.5, 0.6) is 0 Å². The summed E-state index contributed by atoms with van der Waals surface area (Å²) < 4.78 is 9.45. The molecule has 1 aromatic carbocycles. The predicted octanol–water partition coefficient (Wildman–Crippen LogP) is 1.87. The lowest BCUT2D eigenvalue weighted by atomic mass is 10.1. The van der Waals surface area contributed by atoms with Crippen LogP contribution in [0.2, 0.25) is 0 Å². The summed E-state index contributed by atoms with van der Waals surface area (Å²) in [5.41, 5.74) is 15.1. The molecular formula is C24H24N8O3S. The summed E-state index contributed by atoms with van der Waals surface area (Å²) in [6.45, 7) is 4.54. The Kier molecular flexibility index (Phi) is 5.46. The monoisotopic (exact) mass is 504 g/mol. The van der Waals surface area contributed by atoms with Crippen molar-refractivity contribution in [2.45, 2.75) is 6.54 Å². The van der Waals surface area contributed by atoms with Crippen molar-refractivity contribution in [2.24, 2.45) is 5.73 Å². The Labute approximate surface area is 209 Å². The summed E-state index contributed by atoms with van der Waals surface area (Å²) >= 11 is 1.15. The standard InChI is InChI=1S/C24H24N8O3S/c25-21(33)15-3-1-4-16(13-15)30-9-6-29(7-10-30)8-11-31-22-20(36-24(31)34)18-14-17(19-5-2-12-35-19)28-32(18)23(26)27-22/h1-5,12-14H,6-11H2,(H2,25,33)(H2,26,27). The second-order valence-corrected chi connectivity index (χ2v) is 9.65. The van der Waals surface area contributed by atoms with Crippen LogP contribution in [0.4, 0.5) is 11.6 Å². The van der Waals surface area contributed by atoms with Gasteiger partial charge in [0.25, 0.3) is 0 Å². The minimum atomic E-state index is -0.427. The van der Waals surface area contributed by atoms with Gasteiger partial charge in [-0.3, -0.25) is 19.1 Å². The minimum absolute atomic E-state index is 0.0762. The van der Waals surface area contributed by atoms with E-state index in [1.54, 1.807) is 27.5 Å². The van der Waals surface area contributed by atoms with Crippen LogP contribution in [0, 0.1) is 0 Å².